The molecule has 0 saturated heterocycles. The summed E-state index contributed by atoms with van der Waals surface area (Å²) in [5.41, 5.74) is -5.07. The van der Waals surface area contributed by atoms with Crippen LogP contribution in [0.15, 0.2) is 88.3 Å². The second-order valence-electron chi connectivity index (χ2n) is 14.1. The maximum atomic E-state index is 15.4. The van der Waals surface area contributed by atoms with Gasteiger partial charge in [0.05, 0.1) is 35.2 Å². The number of rotatable bonds is 13. The van der Waals surface area contributed by atoms with Crippen LogP contribution in [0.3, 0.4) is 0 Å². The van der Waals surface area contributed by atoms with Crippen molar-refractivity contribution >= 4 is 41.4 Å². The van der Waals surface area contributed by atoms with Crippen molar-refractivity contribution in [3.63, 3.8) is 0 Å². The minimum Gasteiger partial charge on any atom is -1.00 e. The maximum Gasteiger partial charge on any atom is 1.00 e. The van der Waals surface area contributed by atoms with Gasteiger partial charge in [-0.05, 0) is 76.4 Å². The van der Waals surface area contributed by atoms with Gasteiger partial charge in [-0.3, -0.25) is 27.8 Å². The summed E-state index contributed by atoms with van der Waals surface area (Å²) in [4.78, 5) is 60.5. The summed E-state index contributed by atoms with van der Waals surface area (Å²) in [5.74, 6) is -2.08. The number of alkyl halides is 2. The van der Waals surface area contributed by atoms with Crippen molar-refractivity contribution in [2.45, 2.75) is 60.3 Å². The van der Waals surface area contributed by atoms with Crippen molar-refractivity contribution in [2.75, 3.05) is 13.6 Å². The summed E-state index contributed by atoms with van der Waals surface area (Å²) in [5, 5.41) is 0. The Morgan fingerprint density at radius 3 is 1.94 bits per heavy atom. The molecule has 0 aliphatic carbocycles. The third kappa shape index (κ3) is 11.1. The number of hydrogen-bond donors (Lipinski definition) is 1. The third-order valence-electron chi connectivity index (χ3n) is 7.73. The van der Waals surface area contributed by atoms with Crippen molar-refractivity contribution in [1.82, 2.24) is 9.13 Å². The zero-order valence-electron chi connectivity index (χ0n) is 31.9. The van der Waals surface area contributed by atoms with E-state index in [2.05, 4.69) is 20.5 Å². The van der Waals surface area contributed by atoms with E-state index in [9.17, 15) is 28.6 Å². The summed E-state index contributed by atoms with van der Waals surface area (Å²) in [6, 6.07) is 18.9. The van der Waals surface area contributed by atoms with Crippen LogP contribution in [0.5, 0.6) is 0 Å². The SMILES string of the molecule is CC(C)(C)C(=O)OCOC(=O)c1ccc(-c2cn(Cc3ccccc3)c(=O)n2Cc2ccc(C(F)(F)P(=O)(O)OCOC(=O)C(C)(C)C)c(Br)c2)cc1.[H-].[Na+]. The molecule has 0 fully saturated rings. The fourth-order valence-corrected chi connectivity index (χ4v) is 6.39. The van der Waals surface area contributed by atoms with Crippen molar-refractivity contribution in [1.29, 1.82) is 0 Å². The number of halogens is 3. The molecule has 12 nitrogen and oxygen atoms in total. The molecule has 0 radical (unpaired) electrons. The molecule has 3 aromatic carbocycles. The van der Waals surface area contributed by atoms with Crippen LogP contribution in [0.4, 0.5) is 8.78 Å². The molecule has 0 saturated carbocycles. The first-order chi connectivity index (χ1) is 24.6. The molecule has 0 aliphatic heterocycles. The van der Waals surface area contributed by atoms with Crippen LogP contribution in [-0.4, -0.2) is 45.5 Å². The molecule has 0 aliphatic rings. The molecule has 1 heterocycles. The quantitative estimate of drug-likeness (QED) is 0.0861. The molecular weight excluding hydrogens is 804 g/mol. The topological polar surface area (TPSA) is 152 Å². The van der Waals surface area contributed by atoms with Crippen molar-refractivity contribution in [3.8, 4) is 11.3 Å². The van der Waals surface area contributed by atoms with Crippen molar-refractivity contribution < 1.29 is 82.3 Å². The predicted octanol–water partition coefficient (Wildman–Crippen LogP) is 4.79. The summed E-state index contributed by atoms with van der Waals surface area (Å²) in [6.07, 6.45) is 1.64. The summed E-state index contributed by atoms with van der Waals surface area (Å²) < 4.78 is 65.4. The Kier molecular flexibility index (Phi) is 15.0. The van der Waals surface area contributed by atoms with Crippen molar-refractivity contribution in [2.24, 2.45) is 10.8 Å². The number of esters is 3. The zero-order chi connectivity index (χ0) is 39.4. The minimum absolute atomic E-state index is 0. The molecule has 54 heavy (non-hydrogen) atoms. The van der Waals surface area contributed by atoms with Crippen LogP contribution in [0, 0.1) is 10.8 Å². The molecule has 1 aromatic heterocycles. The largest absolute Gasteiger partial charge is 1.00 e. The van der Waals surface area contributed by atoms with Gasteiger partial charge in [0.25, 0.3) is 0 Å². The molecule has 17 heteroatoms. The molecule has 286 valence electrons. The molecule has 4 rings (SSSR count). The average molecular weight is 846 g/mol. The van der Waals surface area contributed by atoms with E-state index in [1.807, 2.05) is 30.3 Å². The molecule has 4 aromatic rings. The number of benzene rings is 3. The predicted molar refractivity (Wildman–Crippen MR) is 195 cm³/mol. The number of carbonyl (C=O) groups excluding carboxylic acids is 3. The van der Waals surface area contributed by atoms with E-state index in [-0.39, 0.29) is 54.1 Å². The second-order valence-corrected chi connectivity index (χ2v) is 16.8. The van der Waals surface area contributed by atoms with E-state index >= 15 is 8.78 Å². The first-order valence-electron chi connectivity index (χ1n) is 16.2. The van der Waals surface area contributed by atoms with Gasteiger partial charge >= 0.3 is 66.4 Å². The maximum absolute atomic E-state index is 15.4. The Morgan fingerprint density at radius 2 is 1.39 bits per heavy atom. The van der Waals surface area contributed by atoms with Gasteiger partial charge in [-0.1, -0.05) is 70.5 Å². The molecule has 0 spiro atoms. The number of nitrogens with zero attached hydrogens (tertiary/aromatic N) is 2. The Bertz CT molecular complexity index is 2080. The summed E-state index contributed by atoms with van der Waals surface area (Å²) in [7, 11) is -5.70. The fourth-order valence-electron chi connectivity index (χ4n) is 4.71. The summed E-state index contributed by atoms with van der Waals surface area (Å²) in [6.45, 7) is 7.96. The van der Waals surface area contributed by atoms with E-state index in [1.165, 1.54) is 54.2 Å². The van der Waals surface area contributed by atoms with E-state index in [1.54, 1.807) is 39.1 Å². The Morgan fingerprint density at radius 1 is 0.815 bits per heavy atom. The van der Waals surface area contributed by atoms with Crippen LogP contribution in [0.25, 0.3) is 11.3 Å². The van der Waals surface area contributed by atoms with Gasteiger partial charge in [0.15, 0.2) is 0 Å². The molecule has 1 atom stereocenters. The van der Waals surface area contributed by atoms with Crippen LogP contribution in [-0.2, 0) is 51.6 Å². The summed E-state index contributed by atoms with van der Waals surface area (Å²) >= 11 is 3.08. The monoisotopic (exact) mass is 844 g/mol. The van der Waals surface area contributed by atoms with E-state index in [0.29, 0.717) is 16.8 Å². The van der Waals surface area contributed by atoms with Crippen LogP contribution >= 0.6 is 23.5 Å². The van der Waals surface area contributed by atoms with Gasteiger partial charge in [-0.2, -0.15) is 8.78 Å². The van der Waals surface area contributed by atoms with Gasteiger partial charge < -0.3 is 20.5 Å². The van der Waals surface area contributed by atoms with Gasteiger partial charge in [0.2, 0.25) is 13.6 Å². The number of carbonyl (C=O) groups is 3. The third-order valence-corrected chi connectivity index (χ3v) is 9.80. The number of hydrogen-bond acceptors (Lipinski definition) is 9. The smallest absolute Gasteiger partial charge is 1.00 e. The van der Waals surface area contributed by atoms with E-state index in [4.69, 9.17) is 14.2 Å². The van der Waals surface area contributed by atoms with Crippen LogP contribution in [0.2, 0.25) is 0 Å². The second kappa shape index (κ2) is 18.0. The number of ether oxygens (including phenoxy) is 3. The molecule has 0 amide bonds. The van der Waals surface area contributed by atoms with Gasteiger partial charge in [-0.15, -0.1) is 0 Å². The van der Waals surface area contributed by atoms with Gasteiger partial charge in [0, 0.05) is 16.2 Å². The Hall–Kier alpha value is -3.43. The average Bonchev–Trinajstić information content (AvgIpc) is 3.37. The number of aromatic nitrogens is 2. The van der Waals surface area contributed by atoms with Crippen LogP contribution < -0.4 is 35.2 Å². The Balaban J connectivity index is 0.00000523. The standard InChI is InChI=1S/C37H40BrF2N2O10P.Na.H/c1-35(2,3)32(44)50-22-49-31(43)27-15-13-26(14-16-27)30-21-41(19-24-10-8-7-9-11-24)34(46)42(30)20-25-12-17-28(29(38)18-25)37(39,40)53(47,48)52-23-51-33(45)36(4,5)6;;/h7-18,21H,19-20,22-23H2,1-6H3,(H,47,48);;/q;+1;-1. The first kappa shape index (κ1) is 45.0. The first-order valence-corrected chi connectivity index (χ1v) is 18.6. The number of imidazole rings is 1. The van der Waals surface area contributed by atoms with E-state index in [0.717, 1.165) is 11.6 Å². The normalized spacial score (nSPS) is 13.0. The Labute approximate surface area is 343 Å². The van der Waals surface area contributed by atoms with Crippen LogP contribution in [0.1, 0.15) is 70.0 Å². The molecule has 1 unspecified atom stereocenters. The fraction of sp³-hybridized carbons (Fsp3) is 0.351. The minimum atomic E-state index is -5.70. The molecule has 0 bridgehead atoms. The van der Waals surface area contributed by atoms with E-state index < -0.39 is 66.8 Å². The van der Waals surface area contributed by atoms with Gasteiger partial charge in [-0.25, -0.2) is 9.59 Å². The van der Waals surface area contributed by atoms with Crippen molar-refractivity contribution in [3.05, 3.63) is 116 Å². The van der Waals surface area contributed by atoms with Gasteiger partial charge in [0.1, 0.15) is 0 Å². The molecule has 1 N–H and O–H groups in total. The molecular formula is C37H41BrF2N2NaO10P. The zero-order valence-corrected chi connectivity index (χ0v) is 35.4.